The average Bonchev–Trinajstić information content (AvgIpc) is 3.72. The number of anilines is 3. The van der Waals surface area contributed by atoms with Crippen molar-refractivity contribution < 1.29 is 4.42 Å². The van der Waals surface area contributed by atoms with Crippen LogP contribution in [0.2, 0.25) is 0 Å². The smallest absolute Gasteiger partial charge is 0.139 e. The van der Waals surface area contributed by atoms with E-state index in [9.17, 15) is 0 Å². The van der Waals surface area contributed by atoms with Crippen LogP contribution < -0.4 is 4.90 Å². The van der Waals surface area contributed by atoms with E-state index in [1.807, 2.05) is 30.5 Å². The highest BCUT2D eigenvalue weighted by atomic mass is 16.3. The first-order valence-electron chi connectivity index (χ1n) is 16.5. The number of aromatic nitrogens is 2. The lowest BCUT2D eigenvalue weighted by molar-refractivity contribution is 0.668. The predicted molar refractivity (Wildman–Crippen MR) is 203 cm³/mol. The minimum atomic E-state index is 0.845. The van der Waals surface area contributed by atoms with Gasteiger partial charge in [0.2, 0.25) is 0 Å². The van der Waals surface area contributed by atoms with E-state index < -0.39 is 0 Å². The van der Waals surface area contributed by atoms with Crippen molar-refractivity contribution in [3.63, 3.8) is 0 Å². The number of furan rings is 1. The van der Waals surface area contributed by atoms with Crippen LogP contribution in [-0.4, -0.2) is 9.55 Å². The van der Waals surface area contributed by atoms with Gasteiger partial charge in [-0.3, -0.25) is 4.98 Å². The third-order valence-electron chi connectivity index (χ3n) is 9.63. The molecule has 0 bridgehead atoms. The maximum Gasteiger partial charge on any atom is 0.139 e. The molecule has 4 heteroatoms. The van der Waals surface area contributed by atoms with Crippen LogP contribution in [-0.2, 0) is 0 Å². The molecule has 0 amide bonds. The standard InChI is InChI=1S/C45H29N3O/c1-2-11-32(12-3-1)47(33-21-18-31(19-22-33)44-43-39-15-7-9-17-41(39)49-42(43)28-29-46-44)34-23-25-35(26-24-34)48-40-16-8-6-14-37(40)38-27-20-30-10-4-5-13-36(30)45(38)48/h1-29H. The van der Waals surface area contributed by atoms with Crippen LogP contribution in [0.1, 0.15) is 0 Å². The zero-order valence-electron chi connectivity index (χ0n) is 26.5. The van der Waals surface area contributed by atoms with Crippen LogP contribution >= 0.6 is 0 Å². The summed E-state index contributed by atoms with van der Waals surface area (Å²) in [6.07, 6.45) is 1.83. The molecule has 0 unspecified atom stereocenters. The Labute approximate surface area is 282 Å². The first-order valence-corrected chi connectivity index (χ1v) is 16.5. The Hall–Kier alpha value is -6.65. The molecule has 10 aromatic rings. The molecular weight excluding hydrogens is 599 g/mol. The van der Waals surface area contributed by atoms with Crippen molar-refractivity contribution in [2.75, 3.05) is 4.90 Å². The summed E-state index contributed by atoms with van der Waals surface area (Å²) in [5, 5.41) is 7.12. The van der Waals surface area contributed by atoms with Crippen molar-refractivity contribution in [3.8, 4) is 16.9 Å². The molecule has 230 valence electrons. The molecule has 7 aromatic carbocycles. The van der Waals surface area contributed by atoms with Gasteiger partial charge in [0.25, 0.3) is 0 Å². The molecule has 3 heterocycles. The molecule has 4 nitrogen and oxygen atoms in total. The maximum atomic E-state index is 6.15. The van der Waals surface area contributed by atoms with Gasteiger partial charge in [0.05, 0.1) is 22.1 Å². The van der Waals surface area contributed by atoms with Crippen LogP contribution in [0.3, 0.4) is 0 Å². The minimum absolute atomic E-state index is 0.845. The highest BCUT2D eigenvalue weighted by Crippen LogP contribution is 2.40. The maximum absolute atomic E-state index is 6.15. The van der Waals surface area contributed by atoms with Gasteiger partial charge >= 0.3 is 0 Å². The van der Waals surface area contributed by atoms with Gasteiger partial charge in [-0.1, -0.05) is 103 Å². The van der Waals surface area contributed by atoms with E-state index >= 15 is 0 Å². The number of fused-ring (bicyclic) bond motifs is 8. The van der Waals surface area contributed by atoms with Gasteiger partial charge in [-0.15, -0.1) is 0 Å². The molecule has 49 heavy (non-hydrogen) atoms. The number of hydrogen-bond donors (Lipinski definition) is 0. The van der Waals surface area contributed by atoms with E-state index in [0.717, 1.165) is 55.9 Å². The van der Waals surface area contributed by atoms with E-state index in [0.29, 0.717) is 0 Å². The normalized spacial score (nSPS) is 11.7. The summed E-state index contributed by atoms with van der Waals surface area (Å²) in [5.74, 6) is 0. The summed E-state index contributed by atoms with van der Waals surface area (Å²) in [5.41, 5.74) is 10.5. The fourth-order valence-electron chi connectivity index (χ4n) is 7.43. The van der Waals surface area contributed by atoms with Crippen molar-refractivity contribution in [2.45, 2.75) is 0 Å². The third kappa shape index (κ3) is 4.35. The third-order valence-corrected chi connectivity index (χ3v) is 9.63. The summed E-state index contributed by atoms with van der Waals surface area (Å²) in [6, 6.07) is 60.1. The van der Waals surface area contributed by atoms with Crippen LogP contribution in [0.5, 0.6) is 0 Å². The summed E-state index contributed by atoms with van der Waals surface area (Å²) in [4.78, 5) is 7.11. The average molecular weight is 628 g/mol. The van der Waals surface area contributed by atoms with Crippen molar-refractivity contribution in [3.05, 3.63) is 176 Å². The molecule has 10 rings (SSSR count). The van der Waals surface area contributed by atoms with E-state index in [-0.39, 0.29) is 0 Å². The Morgan fingerprint density at radius 2 is 1.12 bits per heavy atom. The van der Waals surface area contributed by atoms with Crippen LogP contribution in [0.4, 0.5) is 17.1 Å². The Morgan fingerprint density at radius 1 is 0.469 bits per heavy atom. The molecular formula is C45H29N3O. The van der Waals surface area contributed by atoms with Crippen LogP contribution in [0.25, 0.3) is 71.5 Å². The topological polar surface area (TPSA) is 34.2 Å². The molecule has 0 aliphatic carbocycles. The second kappa shape index (κ2) is 11.0. The molecule has 0 atom stereocenters. The van der Waals surface area contributed by atoms with Crippen LogP contribution in [0.15, 0.2) is 180 Å². The summed E-state index contributed by atoms with van der Waals surface area (Å²) < 4.78 is 8.56. The Morgan fingerprint density at radius 3 is 1.94 bits per heavy atom. The quantitative estimate of drug-likeness (QED) is 0.190. The van der Waals surface area contributed by atoms with Gasteiger partial charge in [-0.2, -0.15) is 0 Å². The monoisotopic (exact) mass is 627 g/mol. The number of rotatable bonds is 5. The molecule has 3 aromatic heterocycles. The molecule has 0 fully saturated rings. The lowest BCUT2D eigenvalue weighted by Crippen LogP contribution is -2.10. The van der Waals surface area contributed by atoms with Crippen molar-refractivity contribution in [1.29, 1.82) is 0 Å². The molecule has 0 N–H and O–H groups in total. The molecule has 0 radical (unpaired) electrons. The van der Waals surface area contributed by atoms with E-state index in [2.05, 4.69) is 155 Å². The predicted octanol–water partition coefficient (Wildman–Crippen LogP) is 12.4. The van der Waals surface area contributed by atoms with E-state index in [4.69, 9.17) is 9.40 Å². The highest BCUT2D eigenvalue weighted by Gasteiger charge is 2.18. The second-order valence-electron chi connectivity index (χ2n) is 12.4. The highest BCUT2D eigenvalue weighted by molar-refractivity contribution is 6.18. The zero-order chi connectivity index (χ0) is 32.3. The van der Waals surface area contributed by atoms with Gasteiger partial charge in [-0.25, -0.2) is 0 Å². The van der Waals surface area contributed by atoms with Gasteiger partial charge in [0, 0.05) is 56.1 Å². The summed E-state index contributed by atoms with van der Waals surface area (Å²) in [7, 11) is 0. The SMILES string of the molecule is c1ccc(N(c2ccc(-c3nccc4oc5ccccc5c34)cc2)c2ccc(-n3c4ccccc4c4ccc5ccccc5c43)cc2)cc1. The Balaban J connectivity index is 1.09. The molecule has 0 saturated heterocycles. The number of para-hydroxylation sites is 3. The largest absolute Gasteiger partial charge is 0.456 e. The van der Waals surface area contributed by atoms with Gasteiger partial charge in [-0.05, 0) is 72.1 Å². The molecule has 0 aliphatic heterocycles. The van der Waals surface area contributed by atoms with Crippen molar-refractivity contribution in [1.82, 2.24) is 9.55 Å². The van der Waals surface area contributed by atoms with Crippen LogP contribution in [0, 0.1) is 0 Å². The van der Waals surface area contributed by atoms with Crippen molar-refractivity contribution in [2.24, 2.45) is 0 Å². The fourth-order valence-corrected chi connectivity index (χ4v) is 7.43. The lowest BCUT2D eigenvalue weighted by atomic mass is 10.0. The van der Waals surface area contributed by atoms with Gasteiger partial charge < -0.3 is 13.9 Å². The fraction of sp³-hybridized carbons (Fsp3) is 0. The Bertz CT molecular complexity index is 2810. The second-order valence-corrected chi connectivity index (χ2v) is 12.4. The number of pyridine rings is 1. The summed E-state index contributed by atoms with van der Waals surface area (Å²) >= 11 is 0. The molecule has 0 saturated carbocycles. The van der Waals surface area contributed by atoms with E-state index in [1.165, 1.54) is 32.6 Å². The van der Waals surface area contributed by atoms with Gasteiger partial charge in [0.1, 0.15) is 11.2 Å². The molecule has 0 aliphatic rings. The zero-order valence-corrected chi connectivity index (χ0v) is 26.5. The lowest BCUT2D eigenvalue weighted by Gasteiger charge is -2.26. The molecule has 0 spiro atoms. The number of benzene rings is 7. The van der Waals surface area contributed by atoms with Gasteiger partial charge in [0.15, 0.2) is 0 Å². The Kier molecular flexibility index (Phi) is 6.15. The first-order chi connectivity index (χ1) is 24.3. The van der Waals surface area contributed by atoms with E-state index in [1.54, 1.807) is 0 Å². The number of hydrogen-bond acceptors (Lipinski definition) is 3. The summed E-state index contributed by atoms with van der Waals surface area (Å²) in [6.45, 7) is 0. The van der Waals surface area contributed by atoms with Crippen molar-refractivity contribution >= 4 is 71.6 Å². The first kappa shape index (κ1) is 27.5. The number of nitrogens with zero attached hydrogens (tertiary/aromatic N) is 3. The minimum Gasteiger partial charge on any atom is -0.456 e.